The lowest BCUT2D eigenvalue weighted by atomic mass is 9.84. The van der Waals surface area contributed by atoms with Gasteiger partial charge in [0.2, 0.25) is 0 Å². The second kappa shape index (κ2) is 7.08. The number of hydrogen-bond acceptors (Lipinski definition) is 4. The van der Waals surface area contributed by atoms with Gasteiger partial charge in [-0.05, 0) is 37.5 Å². The first-order valence-corrected chi connectivity index (χ1v) is 9.16. The maximum Gasteiger partial charge on any atom is 0.147 e. The lowest BCUT2D eigenvalue weighted by molar-refractivity contribution is 0.0116. The maximum atomic E-state index is 13.2. The summed E-state index contributed by atoms with van der Waals surface area (Å²) in [4.78, 5) is 11.3. The molecule has 0 unspecified atom stereocenters. The molecule has 1 aromatic heterocycles. The molecule has 1 fully saturated rings. The predicted octanol–water partition coefficient (Wildman–Crippen LogP) is 4.08. The molecule has 2 heterocycles. The van der Waals surface area contributed by atoms with Crippen LogP contribution < -0.4 is 4.90 Å². The van der Waals surface area contributed by atoms with Crippen molar-refractivity contribution in [2.75, 3.05) is 18.0 Å². The summed E-state index contributed by atoms with van der Waals surface area (Å²) in [5.74, 6) is 0.525. The van der Waals surface area contributed by atoms with Crippen molar-refractivity contribution in [3.63, 3.8) is 0 Å². The van der Waals surface area contributed by atoms with Crippen LogP contribution in [0.25, 0.3) is 11.3 Å². The van der Waals surface area contributed by atoms with E-state index in [1.807, 2.05) is 12.1 Å². The van der Waals surface area contributed by atoms with Crippen LogP contribution in [0.2, 0.25) is 0 Å². The highest BCUT2D eigenvalue weighted by atomic mass is 19.1. The average Bonchev–Trinajstić information content (AvgIpc) is 2.70. The Bertz CT molecular complexity index is 917. The fraction of sp³-hybridized carbons (Fsp3) is 0.273. The monoisotopic (exact) mass is 363 g/mol. The van der Waals surface area contributed by atoms with E-state index in [-0.39, 0.29) is 5.82 Å². The highest BCUT2D eigenvalue weighted by Crippen LogP contribution is 2.34. The van der Waals surface area contributed by atoms with Gasteiger partial charge in [-0.1, -0.05) is 42.0 Å². The van der Waals surface area contributed by atoms with Crippen molar-refractivity contribution < 1.29 is 9.50 Å². The van der Waals surface area contributed by atoms with Crippen molar-refractivity contribution in [2.24, 2.45) is 0 Å². The molecule has 0 atom stereocenters. The number of halogens is 1. The Hall–Kier alpha value is -2.79. The molecule has 1 N–H and O–H groups in total. The SMILES string of the molecule is Cc1ccc(-c2cncc(N3CCC(O)(c4ccc(F)cc4)CC3)n2)cc1. The summed E-state index contributed by atoms with van der Waals surface area (Å²) >= 11 is 0. The van der Waals surface area contributed by atoms with Gasteiger partial charge in [-0.3, -0.25) is 4.98 Å². The zero-order valence-corrected chi connectivity index (χ0v) is 15.3. The summed E-state index contributed by atoms with van der Waals surface area (Å²) < 4.78 is 13.2. The molecule has 4 rings (SSSR count). The lowest BCUT2D eigenvalue weighted by Gasteiger charge is -2.39. The summed E-state index contributed by atoms with van der Waals surface area (Å²) in [6.45, 7) is 3.39. The van der Waals surface area contributed by atoms with Crippen molar-refractivity contribution >= 4 is 5.82 Å². The Morgan fingerprint density at radius 1 is 0.963 bits per heavy atom. The van der Waals surface area contributed by atoms with E-state index in [0.29, 0.717) is 25.9 Å². The van der Waals surface area contributed by atoms with Gasteiger partial charge in [-0.15, -0.1) is 0 Å². The summed E-state index contributed by atoms with van der Waals surface area (Å²) in [5.41, 5.74) is 2.93. The minimum atomic E-state index is -0.924. The number of rotatable bonds is 3. The number of aromatic nitrogens is 2. The van der Waals surface area contributed by atoms with Gasteiger partial charge in [0, 0.05) is 18.7 Å². The van der Waals surface area contributed by atoms with Crippen LogP contribution in [0.4, 0.5) is 10.2 Å². The first-order chi connectivity index (χ1) is 13.0. The summed E-state index contributed by atoms with van der Waals surface area (Å²) in [7, 11) is 0. The third-order valence-electron chi connectivity index (χ3n) is 5.27. The minimum absolute atomic E-state index is 0.289. The van der Waals surface area contributed by atoms with Gasteiger partial charge in [-0.25, -0.2) is 9.37 Å². The molecule has 1 aliphatic heterocycles. The molecule has 138 valence electrons. The maximum absolute atomic E-state index is 13.2. The van der Waals surface area contributed by atoms with Crippen molar-refractivity contribution in [2.45, 2.75) is 25.4 Å². The van der Waals surface area contributed by atoms with Gasteiger partial charge in [0.25, 0.3) is 0 Å². The fourth-order valence-electron chi connectivity index (χ4n) is 3.53. The van der Waals surface area contributed by atoms with E-state index in [2.05, 4.69) is 28.9 Å². The molecule has 3 aromatic rings. The number of aryl methyl sites for hydroxylation is 1. The summed E-state index contributed by atoms with van der Waals surface area (Å²) in [6.07, 6.45) is 4.66. The van der Waals surface area contributed by atoms with Crippen LogP contribution >= 0.6 is 0 Å². The van der Waals surface area contributed by atoms with Crippen LogP contribution in [0.5, 0.6) is 0 Å². The molecule has 0 spiro atoms. The Labute approximate surface area is 158 Å². The molecule has 0 bridgehead atoms. The van der Waals surface area contributed by atoms with E-state index in [9.17, 15) is 9.50 Å². The van der Waals surface area contributed by atoms with Crippen LogP contribution in [-0.2, 0) is 5.60 Å². The van der Waals surface area contributed by atoms with Crippen molar-refractivity contribution in [1.82, 2.24) is 9.97 Å². The third-order valence-corrected chi connectivity index (χ3v) is 5.27. The second-order valence-corrected chi connectivity index (χ2v) is 7.15. The van der Waals surface area contributed by atoms with Gasteiger partial charge in [-0.2, -0.15) is 0 Å². The van der Waals surface area contributed by atoms with Gasteiger partial charge in [0.05, 0.1) is 23.7 Å². The average molecular weight is 363 g/mol. The Kier molecular flexibility index (Phi) is 4.62. The first kappa shape index (κ1) is 17.6. The Morgan fingerprint density at radius 2 is 1.63 bits per heavy atom. The number of aliphatic hydroxyl groups is 1. The van der Waals surface area contributed by atoms with Crippen LogP contribution in [0, 0.1) is 12.7 Å². The zero-order valence-electron chi connectivity index (χ0n) is 15.3. The Balaban J connectivity index is 1.50. The number of nitrogens with zero attached hydrogens (tertiary/aromatic N) is 3. The van der Waals surface area contributed by atoms with Crippen molar-refractivity contribution in [3.05, 3.63) is 77.9 Å². The number of piperidine rings is 1. The van der Waals surface area contributed by atoms with Gasteiger partial charge in [0.1, 0.15) is 11.6 Å². The quantitative estimate of drug-likeness (QED) is 0.762. The molecule has 2 aromatic carbocycles. The van der Waals surface area contributed by atoms with Crippen molar-refractivity contribution in [3.8, 4) is 11.3 Å². The zero-order chi connectivity index (χ0) is 18.9. The van der Waals surface area contributed by atoms with Crippen LogP contribution in [-0.4, -0.2) is 28.2 Å². The van der Waals surface area contributed by atoms with Crippen LogP contribution in [0.1, 0.15) is 24.0 Å². The van der Waals surface area contributed by atoms with E-state index in [0.717, 1.165) is 22.6 Å². The molecule has 0 aliphatic carbocycles. The highest BCUT2D eigenvalue weighted by molar-refractivity contribution is 5.60. The normalized spacial score (nSPS) is 16.3. The first-order valence-electron chi connectivity index (χ1n) is 9.16. The molecular formula is C22H22FN3O. The third kappa shape index (κ3) is 3.69. The minimum Gasteiger partial charge on any atom is -0.385 e. The van der Waals surface area contributed by atoms with E-state index in [1.165, 1.54) is 17.7 Å². The summed E-state index contributed by atoms with van der Waals surface area (Å²) in [6, 6.07) is 14.4. The molecule has 0 amide bonds. The molecular weight excluding hydrogens is 341 g/mol. The molecule has 27 heavy (non-hydrogen) atoms. The number of benzene rings is 2. The number of hydrogen-bond donors (Lipinski definition) is 1. The molecule has 4 nitrogen and oxygen atoms in total. The van der Waals surface area contributed by atoms with Crippen LogP contribution in [0.3, 0.4) is 0 Å². The van der Waals surface area contributed by atoms with Crippen LogP contribution in [0.15, 0.2) is 60.9 Å². The number of anilines is 1. The van der Waals surface area contributed by atoms with Gasteiger partial charge >= 0.3 is 0 Å². The Morgan fingerprint density at radius 3 is 2.30 bits per heavy atom. The van der Waals surface area contributed by atoms with E-state index in [4.69, 9.17) is 4.98 Å². The molecule has 0 saturated carbocycles. The summed E-state index contributed by atoms with van der Waals surface area (Å²) in [5, 5.41) is 11.0. The lowest BCUT2D eigenvalue weighted by Crippen LogP contribution is -2.43. The smallest absolute Gasteiger partial charge is 0.147 e. The molecule has 1 aliphatic rings. The molecule has 5 heteroatoms. The topological polar surface area (TPSA) is 49.2 Å². The van der Waals surface area contributed by atoms with E-state index < -0.39 is 5.60 Å². The highest BCUT2D eigenvalue weighted by Gasteiger charge is 2.34. The predicted molar refractivity (Wildman–Crippen MR) is 104 cm³/mol. The second-order valence-electron chi connectivity index (χ2n) is 7.15. The standard InChI is InChI=1S/C22H22FN3O/c1-16-2-4-17(5-3-16)20-14-24-15-21(25-20)26-12-10-22(27,11-13-26)18-6-8-19(23)9-7-18/h2-9,14-15,27H,10-13H2,1H3. The van der Waals surface area contributed by atoms with Gasteiger partial charge < -0.3 is 10.0 Å². The largest absolute Gasteiger partial charge is 0.385 e. The van der Waals surface area contributed by atoms with Crippen molar-refractivity contribution in [1.29, 1.82) is 0 Å². The van der Waals surface area contributed by atoms with Gasteiger partial charge in [0.15, 0.2) is 0 Å². The van der Waals surface area contributed by atoms with E-state index >= 15 is 0 Å². The molecule has 1 saturated heterocycles. The van der Waals surface area contributed by atoms with E-state index in [1.54, 1.807) is 24.5 Å². The molecule has 0 radical (unpaired) electrons. The fourth-order valence-corrected chi connectivity index (χ4v) is 3.53.